The minimum absolute atomic E-state index is 0.0727. The Bertz CT molecular complexity index is 464. The molecule has 1 aromatic heterocycles. The first-order chi connectivity index (χ1) is 7.27. The van der Waals surface area contributed by atoms with Crippen LogP contribution in [-0.2, 0) is 4.79 Å². The van der Waals surface area contributed by atoms with Crippen molar-refractivity contribution in [3.8, 4) is 11.3 Å². The van der Waals surface area contributed by atoms with Gasteiger partial charge in [0, 0.05) is 12.5 Å². The summed E-state index contributed by atoms with van der Waals surface area (Å²) in [5, 5.41) is 3.57. The third-order valence-electron chi connectivity index (χ3n) is 1.90. The molecule has 1 heterocycles. The van der Waals surface area contributed by atoms with Crippen molar-refractivity contribution in [3.63, 3.8) is 0 Å². The van der Waals surface area contributed by atoms with Gasteiger partial charge in [0.15, 0.2) is 0 Å². The van der Waals surface area contributed by atoms with Crippen LogP contribution in [0.2, 0.25) is 0 Å². The molecule has 0 saturated heterocycles. The number of rotatable bonds is 2. The summed E-state index contributed by atoms with van der Waals surface area (Å²) in [6.07, 6.45) is 0. The van der Waals surface area contributed by atoms with Gasteiger partial charge in [0.1, 0.15) is 10.7 Å². The van der Waals surface area contributed by atoms with Gasteiger partial charge >= 0.3 is 0 Å². The van der Waals surface area contributed by atoms with Crippen molar-refractivity contribution in [3.05, 3.63) is 35.8 Å². The van der Waals surface area contributed by atoms with Crippen LogP contribution in [0.15, 0.2) is 35.8 Å². The highest BCUT2D eigenvalue weighted by atomic mass is 32.1. The van der Waals surface area contributed by atoms with E-state index in [-0.39, 0.29) is 5.91 Å². The molecule has 1 amide bonds. The number of hydrogen-bond acceptors (Lipinski definition) is 3. The highest BCUT2D eigenvalue weighted by Gasteiger charge is 2.08. The largest absolute Gasteiger partial charge is 0.316 e. The number of aromatic nitrogens is 1. The van der Waals surface area contributed by atoms with E-state index in [1.54, 1.807) is 5.51 Å². The van der Waals surface area contributed by atoms with Gasteiger partial charge < -0.3 is 5.32 Å². The van der Waals surface area contributed by atoms with E-state index < -0.39 is 0 Å². The number of nitrogens with one attached hydrogen (secondary N) is 1. The topological polar surface area (TPSA) is 42.0 Å². The average molecular weight is 218 g/mol. The summed E-state index contributed by atoms with van der Waals surface area (Å²) in [7, 11) is 0. The molecule has 3 nitrogen and oxygen atoms in total. The Morgan fingerprint density at radius 3 is 2.73 bits per heavy atom. The minimum atomic E-state index is -0.0727. The Balaban J connectivity index is 2.37. The normalized spacial score (nSPS) is 9.93. The Labute approximate surface area is 91.8 Å². The number of thiazole rings is 1. The number of nitrogens with zero attached hydrogens (tertiary/aromatic N) is 1. The molecular weight excluding hydrogens is 208 g/mol. The number of carbonyl (C=O) groups excluding carboxylic acids is 1. The van der Waals surface area contributed by atoms with Crippen LogP contribution in [0.4, 0.5) is 5.00 Å². The summed E-state index contributed by atoms with van der Waals surface area (Å²) in [6, 6.07) is 9.80. The molecule has 0 bridgehead atoms. The Morgan fingerprint density at radius 2 is 2.07 bits per heavy atom. The van der Waals surface area contributed by atoms with Gasteiger partial charge in [0.2, 0.25) is 5.91 Å². The molecule has 2 aromatic rings. The third-order valence-corrected chi connectivity index (χ3v) is 2.65. The maximum atomic E-state index is 11.0. The van der Waals surface area contributed by atoms with Gasteiger partial charge in [-0.15, -0.1) is 11.3 Å². The first-order valence-electron chi connectivity index (χ1n) is 4.54. The summed E-state index contributed by atoms with van der Waals surface area (Å²) in [6.45, 7) is 1.49. The molecule has 0 aliphatic heterocycles. The molecule has 0 fully saturated rings. The molecule has 0 unspecified atom stereocenters. The second-order valence-corrected chi connectivity index (χ2v) is 3.93. The molecule has 0 aliphatic carbocycles. The predicted octanol–water partition coefficient (Wildman–Crippen LogP) is 2.77. The fourth-order valence-electron chi connectivity index (χ4n) is 1.30. The van der Waals surface area contributed by atoms with E-state index in [0.29, 0.717) is 0 Å². The smallest absolute Gasteiger partial charge is 0.221 e. The Morgan fingerprint density at radius 1 is 1.33 bits per heavy atom. The molecule has 76 valence electrons. The lowest BCUT2D eigenvalue weighted by Gasteiger charge is -2.01. The van der Waals surface area contributed by atoms with Crippen LogP contribution >= 0.6 is 11.3 Å². The van der Waals surface area contributed by atoms with E-state index in [1.165, 1.54) is 18.3 Å². The van der Waals surface area contributed by atoms with Crippen molar-refractivity contribution in [2.24, 2.45) is 0 Å². The van der Waals surface area contributed by atoms with Crippen molar-refractivity contribution in [1.29, 1.82) is 0 Å². The van der Waals surface area contributed by atoms with Crippen molar-refractivity contribution < 1.29 is 4.79 Å². The van der Waals surface area contributed by atoms with Crippen molar-refractivity contribution in [2.45, 2.75) is 6.92 Å². The lowest BCUT2D eigenvalue weighted by atomic mass is 10.2. The van der Waals surface area contributed by atoms with E-state index in [2.05, 4.69) is 10.3 Å². The third kappa shape index (κ3) is 2.22. The molecule has 0 saturated carbocycles. The van der Waals surface area contributed by atoms with Gasteiger partial charge in [-0.25, -0.2) is 4.98 Å². The molecule has 2 rings (SSSR count). The standard InChI is InChI=1S/C11H10N2OS/c1-8(14)13-11-10(12-7-15-11)9-5-3-2-4-6-9/h2-7H,1H3,(H,13,14). The van der Waals surface area contributed by atoms with Gasteiger partial charge in [0.05, 0.1) is 5.51 Å². The molecule has 15 heavy (non-hydrogen) atoms. The van der Waals surface area contributed by atoms with Gasteiger partial charge in [-0.3, -0.25) is 4.79 Å². The highest BCUT2D eigenvalue weighted by molar-refractivity contribution is 7.14. The number of hydrogen-bond donors (Lipinski definition) is 1. The molecule has 1 aromatic carbocycles. The van der Waals surface area contributed by atoms with Crippen molar-refractivity contribution in [1.82, 2.24) is 4.98 Å². The van der Waals surface area contributed by atoms with Crippen LogP contribution in [-0.4, -0.2) is 10.9 Å². The maximum absolute atomic E-state index is 11.0. The summed E-state index contributed by atoms with van der Waals surface area (Å²) >= 11 is 1.43. The molecule has 0 spiro atoms. The zero-order valence-corrected chi connectivity index (χ0v) is 9.04. The van der Waals surface area contributed by atoms with Crippen LogP contribution in [0.25, 0.3) is 11.3 Å². The number of benzene rings is 1. The predicted molar refractivity (Wildman–Crippen MR) is 61.9 cm³/mol. The van der Waals surface area contributed by atoms with Gasteiger partial charge in [0.25, 0.3) is 0 Å². The summed E-state index contributed by atoms with van der Waals surface area (Å²) < 4.78 is 0. The summed E-state index contributed by atoms with van der Waals surface area (Å²) in [5.41, 5.74) is 3.58. The number of carbonyl (C=O) groups is 1. The Kier molecular flexibility index (Phi) is 2.78. The molecule has 0 radical (unpaired) electrons. The first kappa shape index (κ1) is 9.86. The zero-order valence-electron chi connectivity index (χ0n) is 8.23. The lowest BCUT2D eigenvalue weighted by Crippen LogP contribution is -2.05. The Hall–Kier alpha value is -1.68. The number of amides is 1. The van der Waals surface area contributed by atoms with E-state index in [1.807, 2.05) is 30.3 Å². The van der Waals surface area contributed by atoms with Crippen LogP contribution in [0.5, 0.6) is 0 Å². The zero-order chi connectivity index (χ0) is 10.7. The van der Waals surface area contributed by atoms with Gasteiger partial charge in [-0.1, -0.05) is 30.3 Å². The summed E-state index contributed by atoms with van der Waals surface area (Å²) in [4.78, 5) is 15.2. The van der Waals surface area contributed by atoms with Crippen LogP contribution < -0.4 is 5.32 Å². The second-order valence-electron chi connectivity index (χ2n) is 3.08. The first-order valence-corrected chi connectivity index (χ1v) is 5.42. The van der Waals surface area contributed by atoms with E-state index in [4.69, 9.17) is 0 Å². The van der Waals surface area contributed by atoms with E-state index >= 15 is 0 Å². The fraction of sp³-hybridized carbons (Fsp3) is 0.0909. The monoisotopic (exact) mass is 218 g/mol. The van der Waals surface area contributed by atoms with Crippen molar-refractivity contribution in [2.75, 3.05) is 5.32 Å². The van der Waals surface area contributed by atoms with Crippen LogP contribution in [0.1, 0.15) is 6.92 Å². The molecule has 0 atom stereocenters. The van der Waals surface area contributed by atoms with Crippen molar-refractivity contribution >= 4 is 22.2 Å². The molecule has 4 heteroatoms. The van der Waals surface area contributed by atoms with E-state index in [0.717, 1.165) is 16.3 Å². The van der Waals surface area contributed by atoms with Gasteiger partial charge in [-0.2, -0.15) is 0 Å². The number of anilines is 1. The van der Waals surface area contributed by atoms with E-state index in [9.17, 15) is 4.79 Å². The fourth-order valence-corrected chi connectivity index (χ4v) is 2.04. The highest BCUT2D eigenvalue weighted by Crippen LogP contribution is 2.29. The minimum Gasteiger partial charge on any atom is -0.316 e. The summed E-state index contributed by atoms with van der Waals surface area (Å²) in [5.74, 6) is -0.0727. The lowest BCUT2D eigenvalue weighted by molar-refractivity contribution is -0.114. The quantitative estimate of drug-likeness (QED) is 0.842. The van der Waals surface area contributed by atoms with Gasteiger partial charge in [-0.05, 0) is 0 Å². The maximum Gasteiger partial charge on any atom is 0.221 e. The molecular formula is C11H10N2OS. The van der Waals surface area contributed by atoms with Crippen LogP contribution in [0.3, 0.4) is 0 Å². The molecule has 0 aliphatic rings. The average Bonchev–Trinajstić information content (AvgIpc) is 2.66. The van der Waals surface area contributed by atoms with Crippen LogP contribution in [0, 0.1) is 0 Å². The second kappa shape index (κ2) is 4.23. The SMILES string of the molecule is CC(=O)Nc1scnc1-c1ccccc1. The molecule has 1 N–H and O–H groups in total.